The molecule has 0 heterocycles. The van der Waals surface area contributed by atoms with Crippen LogP contribution in [0.4, 0.5) is 0 Å². The van der Waals surface area contributed by atoms with E-state index in [-0.39, 0.29) is 5.41 Å². The van der Waals surface area contributed by atoms with Crippen molar-refractivity contribution in [3.8, 4) is 0 Å². The summed E-state index contributed by atoms with van der Waals surface area (Å²) in [6.45, 7) is 11.0. The minimum atomic E-state index is -0.844. The van der Waals surface area contributed by atoms with Crippen LogP contribution >= 0.6 is 31.9 Å². The van der Waals surface area contributed by atoms with E-state index in [0.29, 0.717) is 5.57 Å². The topological polar surface area (TPSA) is 26.3 Å². The summed E-state index contributed by atoms with van der Waals surface area (Å²) in [5.74, 6) is -0.413. The van der Waals surface area contributed by atoms with Crippen molar-refractivity contribution < 1.29 is 9.53 Å². The lowest BCUT2D eigenvalue weighted by molar-refractivity contribution is -0.145. The second kappa shape index (κ2) is 4.13. The van der Waals surface area contributed by atoms with Crippen molar-refractivity contribution >= 4 is 37.8 Å². The van der Waals surface area contributed by atoms with Crippen molar-refractivity contribution in [2.24, 2.45) is 5.41 Å². The van der Waals surface area contributed by atoms with Gasteiger partial charge in [0.1, 0.15) is 0 Å². The maximum atomic E-state index is 11.2. The van der Waals surface area contributed by atoms with Gasteiger partial charge in [-0.05, 0) is 38.8 Å². The quantitative estimate of drug-likeness (QED) is 0.442. The van der Waals surface area contributed by atoms with Crippen LogP contribution in [0.5, 0.6) is 0 Å². The Morgan fingerprint density at radius 1 is 1.31 bits per heavy atom. The van der Waals surface area contributed by atoms with Crippen LogP contribution in [-0.4, -0.2) is 9.39 Å². The lowest BCUT2D eigenvalue weighted by Crippen LogP contribution is -2.35. The molecule has 0 amide bonds. The lowest BCUT2D eigenvalue weighted by Gasteiger charge is -2.33. The normalized spacial score (nSPS) is 12.5. The standard InChI is InChI=1S/C9H14Br2O2/c1-6(2)7(12)13-9(10,11)8(3,4)5/h1H2,2-5H3. The first-order valence-electron chi connectivity index (χ1n) is 3.84. The van der Waals surface area contributed by atoms with Gasteiger partial charge in [-0.1, -0.05) is 27.4 Å². The molecule has 0 bridgehead atoms. The van der Waals surface area contributed by atoms with Gasteiger partial charge in [0.2, 0.25) is 3.42 Å². The zero-order valence-electron chi connectivity index (χ0n) is 8.28. The average molecular weight is 314 g/mol. The second-order valence-electron chi connectivity index (χ2n) is 3.94. The number of halogens is 2. The van der Waals surface area contributed by atoms with Crippen LogP contribution in [-0.2, 0) is 9.53 Å². The molecule has 0 aromatic carbocycles. The van der Waals surface area contributed by atoms with Crippen molar-refractivity contribution in [3.05, 3.63) is 12.2 Å². The van der Waals surface area contributed by atoms with Gasteiger partial charge in [0.15, 0.2) is 0 Å². The van der Waals surface area contributed by atoms with E-state index in [4.69, 9.17) is 4.74 Å². The highest BCUT2D eigenvalue weighted by atomic mass is 79.9. The molecule has 0 saturated heterocycles. The molecule has 0 atom stereocenters. The summed E-state index contributed by atoms with van der Waals surface area (Å²) in [4.78, 5) is 11.2. The van der Waals surface area contributed by atoms with E-state index in [0.717, 1.165) is 0 Å². The molecule has 0 aliphatic heterocycles. The third-order valence-corrected chi connectivity index (χ3v) is 4.15. The fourth-order valence-electron chi connectivity index (χ4n) is 0.357. The Morgan fingerprint density at radius 3 is 1.92 bits per heavy atom. The van der Waals surface area contributed by atoms with Crippen LogP contribution in [0.3, 0.4) is 0 Å². The van der Waals surface area contributed by atoms with Gasteiger partial charge < -0.3 is 4.74 Å². The van der Waals surface area contributed by atoms with Gasteiger partial charge in [-0.3, -0.25) is 0 Å². The van der Waals surface area contributed by atoms with Gasteiger partial charge in [0.05, 0.1) is 0 Å². The van der Waals surface area contributed by atoms with Crippen molar-refractivity contribution in [1.82, 2.24) is 0 Å². The number of rotatable bonds is 2. The summed E-state index contributed by atoms with van der Waals surface area (Å²) in [6.07, 6.45) is 0. The molecule has 0 rings (SSSR count). The summed E-state index contributed by atoms with van der Waals surface area (Å²) in [5, 5.41) is 0. The average Bonchev–Trinajstić information content (AvgIpc) is 1.83. The first kappa shape index (κ1) is 13.2. The number of hydrogen-bond donors (Lipinski definition) is 0. The van der Waals surface area contributed by atoms with Gasteiger partial charge in [0.25, 0.3) is 0 Å². The molecule has 13 heavy (non-hydrogen) atoms. The molecule has 76 valence electrons. The minimum absolute atomic E-state index is 0.238. The summed E-state index contributed by atoms with van der Waals surface area (Å²) in [7, 11) is 0. The monoisotopic (exact) mass is 312 g/mol. The van der Waals surface area contributed by atoms with Gasteiger partial charge in [-0.25, -0.2) is 4.79 Å². The van der Waals surface area contributed by atoms with E-state index < -0.39 is 9.39 Å². The smallest absolute Gasteiger partial charge is 0.335 e. The molecule has 2 nitrogen and oxygen atoms in total. The largest absolute Gasteiger partial charge is 0.433 e. The Balaban J connectivity index is 4.53. The van der Waals surface area contributed by atoms with Gasteiger partial charge in [-0.15, -0.1) is 0 Å². The zero-order valence-corrected chi connectivity index (χ0v) is 11.5. The number of alkyl halides is 2. The van der Waals surface area contributed by atoms with E-state index in [2.05, 4.69) is 38.4 Å². The number of hydrogen-bond acceptors (Lipinski definition) is 2. The highest BCUT2D eigenvalue weighted by molar-refractivity contribution is 9.25. The van der Waals surface area contributed by atoms with Crippen molar-refractivity contribution in [3.63, 3.8) is 0 Å². The van der Waals surface area contributed by atoms with Gasteiger partial charge >= 0.3 is 5.97 Å². The maximum Gasteiger partial charge on any atom is 0.335 e. The Morgan fingerprint density at radius 2 is 1.69 bits per heavy atom. The van der Waals surface area contributed by atoms with Crippen LogP contribution in [0, 0.1) is 5.41 Å². The number of esters is 1. The number of ether oxygens (including phenoxy) is 1. The predicted octanol–water partition coefficient (Wildman–Crippen LogP) is 3.60. The number of carbonyl (C=O) groups is 1. The molecule has 0 saturated carbocycles. The van der Waals surface area contributed by atoms with Crippen LogP contribution in [0.25, 0.3) is 0 Å². The summed E-state index contributed by atoms with van der Waals surface area (Å²) >= 11 is 6.61. The molecule has 0 unspecified atom stereocenters. The summed E-state index contributed by atoms with van der Waals surface area (Å²) in [6, 6.07) is 0. The minimum Gasteiger partial charge on any atom is -0.433 e. The number of carbonyl (C=O) groups excluding carboxylic acids is 1. The van der Waals surface area contributed by atoms with Gasteiger partial charge in [0, 0.05) is 11.0 Å². The third kappa shape index (κ3) is 3.81. The van der Waals surface area contributed by atoms with Crippen molar-refractivity contribution in [1.29, 1.82) is 0 Å². The SMILES string of the molecule is C=C(C)C(=O)OC(Br)(Br)C(C)(C)C. The van der Waals surface area contributed by atoms with Crippen molar-refractivity contribution in [2.45, 2.75) is 31.1 Å². The van der Waals surface area contributed by atoms with Gasteiger partial charge in [-0.2, -0.15) is 0 Å². The Hall–Kier alpha value is 0.170. The molecule has 0 aromatic heterocycles. The lowest BCUT2D eigenvalue weighted by atomic mass is 9.98. The summed E-state index contributed by atoms with van der Waals surface area (Å²) in [5.41, 5.74) is 0.144. The first-order chi connectivity index (χ1) is 5.58. The van der Waals surface area contributed by atoms with Crippen LogP contribution in [0.2, 0.25) is 0 Å². The van der Waals surface area contributed by atoms with E-state index in [1.54, 1.807) is 6.92 Å². The molecule has 0 radical (unpaired) electrons. The van der Waals surface area contributed by atoms with E-state index in [1.807, 2.05) is 20.8 Å². The highest BCUT2D eigenvalue weighted by Crippen LogP contribution is 2.44. The second-order valence-corrected chi connectivity index (χ2v) is 7.23. The van der Waals surface area contributed by atoms with Crippen LogP contribution in [0.1, 0.15) is 27.7 Å². The Bertz CT molecular complexity index is 226. The molecule has 0 aromatic rings. The molecule has 0 fully saturated rings. The molecule has 4 heteroatoms. The molecule has 0 spiro atoms. The highest BCUT2D eigenvalue weighted by Gasteiger charge is 2.41. The van der Waals surface area contributed by atoms with Crippen LogP contribution < -0.4 is 0 Å². The van der Waals surface area contributed by atoms with E-state index >= 15 is 0 Å². The fraction of sp³-hybridized carbons (Fsp3) is 0.667. The molecular formula is C9H14Br2O2. The Kier molecular flexibility index (Phi) is 4.19. The predicted molar refractivity (Wildman–Crippen MR) is 60.9 cm³/mol. The third-order valence-electron chi connectivity index (χ3n) is 1.44. The van der Waals surface area contributed by atoms with Crippen LogP contribution in [0.15, 0.2) is 12.2 Å². The Labute approximate surface area is 96.0 Å². The maximum absolute atomic E-state index is 11.2. The molecule has 0 aliphatic carbocycles. The molecular weight excluding hydrogens is 300 g/mol. The molecule has 0 aliphatic rings. The zero-order chi connectivity index (χ0) is 10.9. The molecule has 0 N–H and O–H groups in total. The first-order valence-corrected chi connectivity index (χ1v) is 5.43. The fourth-order valence-corrected chi connectivity index (χ4v) is 0.651. The van der Waals surface area contributed by atoms with E-state index in [9.17, 15) is 4.79 Å². The summed E-state index contributed by atoms with van der Waals surface area (Å²) < 4.78 is 4.31. The van der Waals surface area contributed by atoms with Crippen molar-refractivity contribution in [2.75, 3.05) is 0 Å². The van der Waals surface area contributed by atoms with E-state index in [1.165, 1.54) is 0 Å².